The van der Waals surface area contributed by atoms with Crippen molar-refractivity contribution < 1.29 is 4.79 Å². The molecule has 0 unspecified atom stereocenters. The van der Waals surface area contributed by atoms with E-state index in [0.717, 1.165) is 18.5 Å². The summed E-state index contributed by atoms with van der Waals surface area (Å²) in [7, 11) is 0. The van der Waals surface area contributed by atoms with E-state index in [2.05, 4.69) is 22.2 Å². The number of carbonyl (C=O) groups is 1. The summed E-state index contributed by atoms with van der Waals surface area (Å²) in [4.78, 5) is 18.5. The molecule has 18 heavy (non-hydrogen) atoms. The molecule has 0 bridgehead atoms. The van der Waals surface area contributed by atoms with Gasteiger partial charge in [0.1, 0.15) is 0 Å². The average Bonchev–Trinajstić information content (AvgIpc) is 2.87. The van der Waals surface area contributed by atoms with Gasteiger partial charge in [-0.25, -0.2) is 4.98 Å². The summed E-state index contributed by atoms with van der Waals surface area (Å²) < 4.78 is 0. The number of imidazole rings is 1. The Morgan fingerprint density at radius 2 is 2.06 bits per heavy atom. The molecule has 2 N–H and O–H groups in total. The Labute approximate surface area is 110 Å². The average molecular weight is 251 g/mol. The van der Waals surface area contributed by atoms with E-state index in [1.807, 2.05) is 0 Å². The van der Waals surface area contributed by atoms with Crippen molar-refractivity contribution in [3.05, 3.63) is 18.2 Å². The van der Waals surface area contributed by atoms with Gasteiger partial charge >= 0.3 is 0 Å². The minimum absolute atomic E-state index is 0.171. The topological polar surface area (TPSA) is 57.8 Å². The molecule has 0 saturated heterocycles. The van der Waals surface area contributed by atoms with Crippen molar-refractivity contribution in [2.24, 2.45) is 0 Å². The van der Waals surface area contributed by atoms with Crippen LogP contribution in [0, 0.1) is 0 Å². The van der Waals surface area contributed by atoms with Gasteiger partial charge in [-0.3, -0.25) is 4.79 Å². The molecule has 1 amide bonds. The highest BCUT2D eigenvalue weighted by molar-refractivity contribution is 5.75. The lowest BCUT2D eigenvalue weighted by atomic mass is 10.1. The van der Waals surface area contributed by atoms with Gasteiger partial charge in [-0.15, -0.1) is 0 Å². The summed E-state index contributed by atoms with van der Waals surface area (Å²) in [6, 6.07) is 0. The lowest BCUT2D eigenvalue weighted by Crippen LogP contribution is -2.25. The van der Waals surface area contributed by atoms with Gasteiger partial charge < -0.3 is 10.3 Å². The number of hydrogen-bond acceptors (Lipinski definition) is 2. The number of unbranched alkanes of at least 4 members (excludes halogenated alkanes) is 5. The standard InChI is InChI=1S/C14H25N3O/c1-2-3-4-5-6-7-8-14(18)16-10-9-13-11-15-12-17-13/h11-12H,2-10H2,1H3,(H,15,17)(H,16,18). The normalized spacial score (nSPS) is 10.5. The van der Waals surface area contributed by atoms with Crippen LogP contribution >= 0.6 is 0 Å². The quantitative estimate of drug-likeness (QED) is 0.628. The highest BCUT2D eigenvalue weighted by atomic mass is 16.1. The summed E-state index contributed by atoms with van der Waals surface area (Å²) in [6.07, 6.45) is 12.3. The maximum absolute atomic E-state index is 11.5. The van der Waals surface area contributed by atoms with Crippen LogP contribution in [-0.4, -0.2) is 22.4 Å². The maximum Gasteiger partial charge on any atom is 0.220 e. The van der Waals surface area contributed by atoms with Gasteiger partial charge in [-0.2, -0.15) is 0 Å². The van der Waals surface area contributed by atoms with Crippen LogP contribution in [0.15, 0.2) is 12.5 Å². The molecule has 4 heteroatoms. The third-order valence-electron chi connectivity index (χ3n) is 3.03. The SMILES string of the molecule is CCCCCCCCC(=O)NCCc1cnc[nH]1. The van der Waals surface area contributed by atoms with Crippen LogP contribution in [0.3, 0.4) is 0 Å². The summed E-state index contributed by atoms with van der Waals surface area (Å²) in [5.74, 6) is 0.171. The molecule has 0 saturated carbocycles. The molecule has 0 aliphatic rings. The summed E-state index contributed by atoms with van der Waals surface area (Å²) >= 11 is 0. The summed E-state index contributed by atoms with van der Waals surface area (Å²) in [5.41, 5.74) is 1.06. The maximum atomic E-state index is 11.5. The summed E-state index contributed by atoms with van der Waals surface area (Å²) in [5, 5.41) is 2.94. The van der Waals surface area contributed by atoms with Gasteiger partial charge in [0.05, 0.1) is 6.33 Å². The van der Waals surface area contributed by atoms with Crippen LogP contribution in [-0.2, 0) is 11.2 Å². The van der Waals surface area contributed by atoms with Crippen LogP contribution in [0.2, 0.25) is 0 Å². The van der Waals surface area contributed by atoms with E-state index in [0.29, 0.717) is 13.0 Å². The first-order valence-electron chi connectivity index (χ1n) is 7.07. The zero-order valence-corrected chi connectivity index (χ0v) is 11.4. The Morgan fingerprint density at radius 3 is 2.78 bits per heavy atom. The highest BCUT2D eigenvalue weighted by Crippen LogP contribution is 2.06. The molecule has 0 atom stereocenters. The molecular weight excluding hydrogens is 226 g/mol. The highest BCUT2D eigenvalue weighted by Gasteiger charge is 2.01. The van der Waals surface area contributed by atoms with Crippen molar-refractivity contribution in [3.8, 4) is 0 Å². The Balaban J connectivity index is 1.91. The molecule has 0 aliphatic carbocycles. The molecule has 1 heterocycles. The third kappa shape index (κ3) is 7.09. The molecular formula is C14H25N3O. The molecule has 0 aliphatic heterocycles. The van der Waals surface area contributed by atoms with E-state index in [1.165, 1.54) is 32.1 Å². The molecule has 1 aromatic heterocycles. The fourth-order valence-corrected chi connectivity index (χ4v) is 1.91. The Bertz CT molecular complexity index is 309. The number of nitrogens with one attached hydrogen (secondary N) is 2. The second kappa shape index (κ2) is 9.68. The van der Waals surface area contributed by atoms with E-state index >= 15 is 0 Å². The van der Waals surface area contributed by atoms with Crippen LogP contribution < -0.4 is 5.32 Å². The van der Waals surface area contributed by atoms with Crippen molar-refractivity contribution in [3.63, 3.8) is 0 Å². The van der Waals surface area contributed by atoms with E-state index in [1.54, 1.807) is 12.5 Å². The summed E-state index contributed by atoms with van der Waals surface area (Å²) in [6.45, 7) is 2.91. The van der Waals surface area contributed by atoms with E-state index < -0.39 is 0 Å². The van der Waals surface area contributed by atoms with Crippen LogP contribution in [0.1, 0.15) is 57.6 Å². The predicted molar refractivity (Wildman–Crippen MR) is 73.3 cm³/mol. The minimum atomic E-state index is 0.171. The number of aromatic nitrogens is 2. The lowest BCUT2D eigenvalue weighted by molar-refractivity contribution is -0.121. The molecule has 0 aromatic carbocycles. The van der Waals surface area contributed by atoms with Crippen molar-refractivity contribution in [2.45, 2.75) is 58.3 Å². The molecule has 0 radical (unpaired) electrons. The zero-order chi connectivity index (χ0) is 13.1. The molecule has 1 aromatic rings. The fourth-order valence-electron chi connectivity index (χ4n) is 1.91. The zero-order valence-electron chi connectivity index (χ0n) is 11.4. The molecule has 102 valence electrons. The molecule has 1 rings (SSSR count). The number of aromatic amines is 1. The first kappa shape index (κ1) is 14.7. The largest absolute Gasteiger partial charge is 0.356 e. The number of nitrogens with zero attached hydrogens (tertiary/aromatic N) is 1. The number of hydrogen-bond donors (Lipinski definition) is 2. The first-order valence-corrected chi connectivity index (χ1v) is 7.07. The number of carbonyl (C=O) groups excluding carboxylic acids is 1. The van der Waals surface area contributed by atoms with Crippen LogP contribution in [0.4, 0.5) is 0 Å². The van der Waals surface area contributed by atoms with Gasteiger partial charge in [-0.05, 0) is 6.42 Å². The van der Waals surface area contributed by atoms with E-state index in [4.69, 9.17) is 0 Å². The van der Waals surface area contributed by atoms with Gasteiger partial charge in [0.25, 0.3) is 0 Å². The second-order valence-corrected chi connectivity index (χ2v) is 4.69. The lowest BCUT2D eigenvalue weighted by Gasteiger charge is -2.04. The van der Waals surface area contributed by atoms with Crippen LogP contribution in [0.5, 0.6) is 0 Å². The minimum Gasteiger partial charge on any atom is -0.356 e. The van der Waals surface area contributed by atoms with Gasteiger partial charge in [0, 0.05) is 31.3 Å². The molecule has 0 fully saturated rings. The molecule has 4 nitrogen and oxygen atoms in total. The van der Waals surface area contributed by atoms with Gasteiger partial charge in [0.2, 0.25) is 5.91 Å². The predicted octanol–water partition coefficient (Wildman–Crippen LogP) is 2.82. The molecule has 0 spiro atoms. The van der Waals surface area contributed by atoms with Gasteiger partial charge in [-0.1, -0.05) is 39.0 Å². The third-order valence-corrected chi connectivity index (χ3v) is 3.03. The number of H-pyrrole nitrogens is 1. The van der Waals surface area contributed by atoms with Crippen molar-refractivity contribution in [1.82, 2.24) is 15.3 Å². The first-order chi connectivity index (χ1) is 8.83. The Hall–Kier alpha value is -1.32. The van der Waals surface area contributed by atoms with Crippen LogP contribution in [0.25, 0.3) is 0 Å². The monoisotopic (exact) mass is 251 g/mol. The van der Waals surface area contributed by atoms with Gasteiger partial charge in [0.15, 0.2) is 0 Å². The van der Waals surface area contributed by atoms with E-state index in [-0.39, 0.29) is 5.91 Å². The fraction of sp³-hybridized carbons (Fsp3) is 0.714. The van der Waals surface area contributed by atoms with Crippen molar-refractivity contribution in [1.29, 1.82) is 0 Å². The van der Waals surface area contributed by atoms with E-state index in [9.17, 15) is 4.79 Å². The van der Waals surface area contributed by atoms with Crippen molar-refractivity contribution >= 4 is 5.91 Å². The second-order valence-electron chi connectivity index (χ2n) is 4.69. The number of amides is 1. The number of rotatable bonds is 10. The Morgan fingerprint density at radius 1 is 1.28 bits per heavy atom. The smallest absolute Gasteiger partial charge is 0.220 e. The Kier molecular flexibility index (Phi) is 7.93. The van der Waals surface area contributed by atoms with Crippen molar-refractivity contribution in [2.75, 3.05) is 6.54 Å².